The van der Waals surface area contributed by atoms with Crippen LogP contribution in [-0.2, 0) is 6.42 Å². The zero-order chi connectivity index (χ0) is 13.3. The molecule has 2 rings (SSSR count). The fraction of sp³-hybridized carbons (Fsp3) is 0.312. The highest BCUT2D eigenvalue weighted by molar-refractivity contribution is 7.12. The van der Waals surface area contributed by atoms with Crippen molar-refractivity contribution >= 4 is 17.1 Å². The largest absolute Gasteiger partial charge is 0.294 e. The smallest absolute Gasteiger partial charge is 0.168 e. The number of hydrogen-bond donors (Lipinski definition) is 0. The van der Waals surface area contributed by atoms with Gasteiger partial charge >= 0.3 is 0 Å². The van der Waals surface area contributed by atoms with Crippen molar-refractivity contribution in [3.63, 3.8) is 0 Å². The van der Waals surface area contributed by atoms with Crippen LogP contribution in [0.3, 0.4) is 0 Å². The van der Waals surface area contributed by atoms with E-state index in [0.29, 0.717) is 6.42 Å². The van der Waals surface area contributed by atoms with Crippen molar-refractivity contribution in [1.82, 2.24) is 0 Å². The molecule has 0 N–H and O–H groups in total. The van der Waals surface area contributed by atoms with E-state index >= 15 is 0 Å². The average molecular weight is 258 g/mol. The summed E-state index contributed by atoms with van der Waals surface area (Å²) in [6.45, 7) is 8.24. The first-order valence-corrected chi connectivity index (χ1v) is 6.95. The molecule has 0 saturated heterocycles. The van der Waals surface area contributed by atoms with Gasteiger partial charge in [-0.15, -0.1) is 11.3 Å². The van der Waals surface area contributed by atoms with E-state index in [1.165, 1.54) is 16.0 Å². The highest BCUT2D eigenvalue weighted by Crippen LogP contribution is 2.22. The van der Waals surface area contributed by atoms with Gasteiger partial charge in [-0.1, -0.05) is 18.2 Å². The lowest BCUT2D eigenvalue weighted by Gasteiger charge is -2.04. The van der Waals surface area contributed by atoms with Crippen LogP contribution in [0.15, 0.2) is 24.3 Å². The molecule has 1 aromatic heterocycles. The Balaban J connectivity index is 2.21. The van der Waals surface area contributed by atoms with Gasteiger partial charge in [0.05, 0.1) is 0 Å². The molecule has 0 spiro atoms. The van der Waals surface area contributed by atoms with Crippen LogP contribution in [0.1, 0.15) is 36.8 Å². The van der Waals surface area contributed by atoms with E-state index in [1.54, 1.807) is 11.3 Å². The van der Waals surface area contributed by atoms with E-state index in [4.69, 9.17) is 0 Å². The third kappa shape index (κ3) is 2.70. The number of rotatable bonds is 3. The maximum atomic E-state index is 12.3. The van der Waals surface area contributed by atoms with Crippen LogP contribution in [0, 0.1) is 27.7 Å². The maximum absolute atomic E-state index is 12.3. The molecule has 0 saturated carbocycles. The standard InChI is InChI=1S/C16H18OS/c1-10-5-6-14(7-11(10)2)9-16(17)15-8-12(3)18-13(15)4/h5-8H,9H2,1-4H3. The summed E-state index contributed by atoms with van der Waals surface area (Å²) >= 11 is 1.69. The second-order valence-electron chi connectivity index (χ2n) is 4.85. The van der Waals surface area contributed by atoms with Crippen molar-refractivity contribution in [2.45, 2.75) is 34.1 Å². The molecule has 0 amide bonds. The van der Waals surface area contributed by atoms with Gasteiger partial charge in [-0.3, -0.25) is 4.79 Å². The van der Waals surface area contributed by atoms with E-state index in [9.17, 15) is 4.79 Å². The number of aryl methyl sites for hydroxylation is 4. The van der Waals surface area contributed by atoms with Crippen molar-refractivity contribution in [2.75, 3.05) is 0 Å². The fourth-order valence-electron chi connectivity index (χ4n) is 2.10. The number of benzene rings is 1. The van der Waals surface area contributed by atoms with Crippen LogP contribution in [-0.4, -0.2) is 5.78 Å². The van der Waals surface area contributed by atoms with Gasteiger partial charge in [0.15, 0.2) is 5.78 Å². The van der Waals surface area contributed by atoms with Crippen molar-refractivity contribution < 1.29 is 4.79 Å². The molecule has 0 unspecified atom stereocenters. The summed E-state index contributed by atoms with van der Waals surface area (Å²) in [4.78, 5) is 14.6. The number of hydrogen-bond acceptors (Lipinski definition) is 2. The topological polar surface area (TPSA) is 17.1 Å². The Bertz CT molecular complexity index is 593. The van der Waals surface area contributed by atoms with Gasteiger partial charge in [0.2, 0.25) is 0 Å². The zero-order valence-electron chi connectivity index (χ0n) is 11.3. The number of thiophene rings is 1. The van der Waals surface area contributed by atoms with E-state index in [-0.39, 0.29) is 5.78 Å². The fourth-order valence-corrected chi connectivity index (χ4v) is 3.04. The van der Waals surface area contributed by atoms with E-state index in [1.807, 2.05) is 19.9 Å². The predicted octanol–water partition coefficient (Wildman–Crippen LogP) is 4.41. The molecular formula is C16H18OS. The number of carbonyl (C=O) groups excluding carboxylic acids is 1. The zero-order valence-corrected chi connectivity index (χ0v) is 12.1. The lowest BCUT2D eigenvalue weighted by molar-refractivity contribution is 0.0993. The minimum absolute atomic E-state index is 0.222. The highest BCUT2D eigenvalue weighted by Gasteiger charge is 2.12. The first kappa shape index (κ1) is 13.0. The predicted molar refractivity (Wildman–Crippen MR) is 77.7 cm³/mol. The van der Waals surface area contributed by atoms with Crippen molar-refractivity contribution in [1.29, 1.82) is 0 Å². The number of carbonyl (C=O) groups is 1. The molecular weight excluding hydrogens is 240 g/mol. The second kappa shape index (κ2) is 5.07. The third-order valence-electron chi connectivity index (χ3n) is 3.28. The Morgan fingerprint density at radius 3 is 2.33 bits per heavy atom. The summed E-state index contributed by atoms with van der Waals surface area (Å²) in [6.07, 6.45) is 0.498. The van der Waals surface area contributed by atoms with Crippen LogP contribution >= 0.6 is 11.3 Å². The molecule has 18 heavy (non-hydrogen) atoms. The molecule has 0 fully saturated rings. The summed E-state index contributed by atoms with van der Waals surface area (Å²) in [5, 5.41) is 0. The molecule has 1 heterocycles. The molecule has 2 heteroatoms. The van der Waals surface area contributed by atoms with Crippen molar-refractivity contribution in [3.8, 4) is 0 Å². The summed E-state index contributed by atoms with van der Waals surface area (Å²) in [7, 11) is 0. The van der Waals surface area contributed by atoms with Crippen LogP contribution < -0.4 is 0 Å². The molecule has 1 nitrogen and oxygen atoms in total. The molecule has 0 aliphatic carbocycles. The minimum Gasteiger partial charge on any atom is -0.294 e. The Morgan fingerprint density at radius 2 is 1.78 bits per heavy atom. The molecule has 1 aromatic carbocycles. The van der Waals surface area contributed by atoms with E-state index in [2.05, 4.69) is 32.0 Å². The molecule has 2 aromatic rings. The lowest BCUT2D eigenvalue weighted by Crippen LogP contribution is -2.04. The van der Waals surface area contributed by atoms with Crippen LogP contribution in [0.2, 0.25) is 0 Å². The summed E-state index contributed by atoms with van der Waals surface area (Å²) in [5.41, 5.74) is 4.51. The van der Waals surface area contributed by atoms with Gasteiger partial charge in [0.1, 0.15) is 0 Å². The molecule has 0 atom stereocenters. The van der Waals surface area contributed by atoms with Crippen LogP contribution in [0.5, 0.6) is 0 Å². The van der Waals surface area contributed by atoms with Gasteiger partial charge in [0, 0.05) is 21.7 Å². The van der Waals surface area contributed by atoms with E-state index in [0.717, 1.165) is 16.0 Å². The van der Waals surface area contributed by atoms with Crippen LogP contribution in [0.25, 0.3) is 0 Å². The Labute approximate surface area is 112 Å². The number of ketones is 1. The quantitative estimate of drug-likeness (QED) is 0.745. The number of Topliss-reactive ketones (excluding diaryl/α,β-unsaturated/α-hetero) is 1. The second-order valence-corrected chi connectivity index (χ2v) is 6.31. The summed E-state index contributed by atoms with van der Waals surface area (Å²) < 4.78 is 0. The minimum atomic E-state index is 0.222. The van der Waals surface area contributed by atoms with Gasteiger partial charge in [0.25, 0.3) is 0 Å². The Kier molecular flexibility index (Phi) is 3.67. The Morgan fingerprint density at radius 1 is 1.06 bits per heavy atom. The first-order chi connectivity index (χ1) is 8.47. The SMILES string of the molecule is Cc1cc(C(=O)Cc2ccc(C)c(C)c2)c(C)s1. The van der Waals surface area contributed by atoms with Gasteiger partial charge in [-0.05, 0) is 50.5 Å². The normalized spacial score (nSPS) is 10.7. The summed E-state index contributed by atoms with van der Waals surface area (Å²) in [5.74, 6) is 0.222. The van der Waals surface area contributed by atoms with Gasteiger partial charge in [-0.25, -0.2) is 0 Å². The van der Waals surface area contributed by atoms with Crippen LogP contribution in [0.4, 0.5) is 0 Å². The molecule has 94 valence electrons. The van der Waals surface area contributed by atoms with Gasteiger partial charge < -0.3 is 0 Å². The Hall–Kier alpha value is -1.41. The molecule has 0 radical (unpaired) electrons. The molecule has 0 bridgehead atoms. The summed E-state index contributed by atoms with van der Waals surface area (Å²) in [6, 6.07) is 8.25. The van der Waals surface area contributed by atoms with Gasteiger partial charge in [-0.2, -0.15) is 0 Å². The molecule has 0 aliphatic rings. The monoisotopic (exact) mass is 258 g/mol. The maximum Gasteiger partial charge on any atom is 0.168 e. The van der Waals surface area contributed by atoms with Crippen molar-refractivity contribution in [2.24, 2.45) is 0 Å². The third-order valence-corrected chi connectivity index (χ3v) is 4.24. The molecule has 0 aliphatic heterocycles. The van der Waals surface area contributed by atoms with E-state index < -0.39 is 0 Å². The average Bonchev–Trinajstić information content (AvgIpc) is 2.63. The van der Waals surface area contributed by atoms with Crippen molar-refractivity contribution in [3.05, 3.63) is 56.3 Å². The lowest BCUT2D eigenvalue weighted by atomic mass is 10.00. The highest BCUT2D eigenvalue weighted by atomic mass is 32.1. The first-order valence-electron chi connectivity index (χ1n) is 6.13.